The Morgan fingerprint density at radius 3 is 1.84 bits per heavy atom. The maximum Gasteiger partial charge on any atom is 0.143 e. The number of nitrogens with zero attached hydrogens (tertiary/aromatic N) is 3. The van der Waals surface area contributed by atoms with Crippen molar-refractivity contribution >= 4 is 11.9 Å². The van der Waals surface area contributed by atoms with E-state index in [4.69, 9.17) is 15.7 Å². The van der Waals surface area contributed by atoms with Gasteiger partial charge in [0.2, 0.25) is 0 Å². The van der Waals surface area contributed by atoms with Crippen LogP contribution in [0.25, 0.3) is 6.08 Å². The number of nitriles is 1. The number of allylic oxidation sites excluding steroid dienone is 1. The molecule has 32 heavy (non-hydrogen) atoms. The lowest BCUT2D eigenvalue weighted by atomic mass is 9.80. The van der Waals surface area contributed by atoms with Gasteiger partial charge in [-0.1, -0.05) is 91.0 Å². The second kappa shape index (κ2) is 9.78. The van der Waals surface area contributed by atoms with Gasteiger partial charge in [-0.3, -0.25) is 0 Å². The maximum atomic E-state index is 8.76. The first-order chi connectivity index (χ1) is 15.8. The van der Waals surface area contributed by atoms with E-state index in [0.717, 1.165) is 16.7 Å². The molecule has 0 bridgehead atoms. The Morgan fingerprint density at radius 1 is 0.875 bits per heavy atom. The average Bonchev–Trinajstić information content (AvgIpc) is 3.21. The van der Waals surface area contributed by atoms with Gasteiger partial charge in [-0.25, -0.2) is 4.68 Å². The number of nitrogen functional groups attached to an aromatic ring is 1. The first kappa shape index (κ1) is 21.1. The Bertz CT molecular complexity index is 1110. The molecule has 5 nitrogen and oxygen atoms in total. The van der Waals surface area contributed by atoms with E-state index in [9.17, 15) is 0 Å². The van der Waals surface area contributed by atoms with E-state index in [1.807, 2.05) is 60.7 Å². The lowest BCUT2D eigenvalue weighted by Crippen LogP contribution is -2.34. The zero-order valence-electron chi connectivity index (χ0n) is 17.6. The SMILES string of the molecule is N#CC=Cc1cnn(CCOC(c2ccccc2)(c2ccccc2)c2ccccc2)c1N. The van der Waals surface area contributed by atoms with Gasteiger partial charge in [0.15, 0.2) is 0 Å². The van der Waals surface area contributed by atoms with Crippen LogP contribution in [-0.2, 0) is 16.9 Å². The van der Waals surface area contributed by atoms with Crippen molar-refractivity contribution in [2.45, 2.75) is 12.1 Å². The van der Waals surface area contributed by atoms with Gasteiger partial charge in [-0.05, 0) is 22.8 Å². The summed E-state index contributed by atoms with van der Waals surface area (Å²) in [7, 11) is 0. The zero-order valence-corrected chi connectivity index (χ0v) is 17.6. The van der Waals surface area contributed by atoms with Crippen molar-refractivity contribution in [2.75, 3.05) is 12.3 Å². The molecule has 5 heteroatoms. The third-order valence-electron chi connectivity index (χ3n) is 5.41. The van der Waals surface area contributed by atoms with Gasteiger partial charge < -0.3 is 10.5 Å². The van der Waals surface area contributed by atoms with Gasteiger partial charge in [0.05, 0.1) is 25.4 Å². The normalized spacial score (nSPS) is 11.5. The Hall–Kier alpha value is -4.14. The molecule has 0 saturated carbocycles. The van der Waals surface area contributed by atoms with Crippen molar-refractivity contribution < 1.29 is 4.74 Å². The molecule has 1 aromatic heterocycles. The molecule has 4 aromatic rings. The highest BCUT2D eigenvalue weighted by Crippen LogP contribution is 2.40. The van der Waals surface area contributed by atoms with Crippen molar-refractivity contribution in [2.24, 2.45) is 0 Å². The lowest BCUT2D eigenvalue weighted by molar-refractivity contribution is 0.00737. The smallest absolute Gasteiger partial charge is 0.143 e. The lowest BCUT2D eigenvalue weighted by Gasteiger charge is -2.36. The number of aromatic nitrogens is 2. The predicted octanol–water partition coefficient (Wildman–Crippen LogP) is 5.01. The number of rotatable bonds is 8. The minimum Gasteiger partial charge on any atom is -0.383 e. The van der Waals surface area contributed by atoms with Crippen LogP contribution in [0, 0.1) is 11.3 Å². The summed E-state index contributed by atoms with van der Waals surface area (Å²) >= 11 is 0. The largest absolute Gasteiger partial charge is 0.383 e. The predicted molar refractivity (Wildman–Crippen MR) is 126 cm³/mol. The summed E-state index contributed by atoms with van der Waals surface area (Å²) in [6, 6.07) is 32.7. The summed E-state index contributed by atoms with van der Waals surface area (Å²) in [5, 5.41) is 13.1. The van der Waals surface area contributed by atoms with Gasteiger partial charge in [0, 0.05) is 11.6 Å². The fourth-order valence-electron chi connectivity index (χ4n) is 3.90. The van der Waals surface area contributed by atoms with E-state index in [1.54, 1.807) is 17.0 Å². The van der Waals surface area contributed by atoms with Gasteiger partial charge >= 0.3 is 0 Å². The van der Waals surface area contributed by atoms with Gasteiger partial charge in [0.25, 0.3) is 0 Å². The monoisotopic (exact) mass is 420 g/mol. The fraction of sp³-hybridized carbons (Fsp3) is 0.111. The average molecular weight is 421 g/mol. The minimum atomic E-state index is -0.783. The van der Waals surface area contributed by atoms with E-state index in [2.05, 4.69) is 41.5 Å². The van der Waals surface area contributed by atoms with Crippen molar-refractivity contribution in [1.82, 2.24) is 9.78 Å². The molecule has 0 unspecified atom stereocenters. The summed E-state index contributed by atoms with van der Waals surface area (Å²) < 4.78 is 8.45. The molecule has 0 atom stereocenters. The molecule has 2 N–H and O–H groups in total. The molecule has 3 aromatic carbocycles. The third-order valence-corrected chi connectivity index (χ3v) is 5.41. The second-order valence-electron chi connectivity index (χ2n) is 7.30. The first-order valence-corrected chi connectivity index (χ1v) is 10.4. The van der Waals surface area contributed by atoms with Crippen LogP contribution in [0.3, 0.4) is 0 Å². The molecule has 0 saturated heterocycles. The minimum absolute atomic E-state index is 0.381. The van der Waals surface area contributed by atoms with Crippen LogP contribution in [0.5, 0.6) is 0 Å². The molecular formula is C27H24N4O. The van der Waals surface area contributed by atoms with Crippen LogP contribution in [0.4, 0.5) is 5.82 Å². The van der Waals surface area contributed by atoms with Crippen molar-refractivity contribution in [1.29, 1.82) is 5.26 Å². The molecule has 0 spiro atoms. The summed E-state index contributed by atoms with van der Waals surface area (Å²) in [6.45, 7) is 0.854. The first-order valence-electron chi connectivity index (χ1n) is 10.4. The number of ether oxygens (including phenoxy) is 1. The summed E-state index contributed by atoms with van der Waals surface area (Å²) in [5.41, 5.74) is 9.28. The number of hydrogen-bond acceptors (Lipinski definition) is 4. The van der Waals surface area contributed by atoms with E-state index in [-0.39, 0.29) is 0 Å². The number of anilines is 1. The molecule has 1 heterocycles. The van der Waals surface area contributed by atoms with Crippen LogP contribution in [0.1, 0.15) is 22.3 Å². The number of hydrogen-bond donors (Lipinski definition) is 1. The molecule has 4 rings (SSSR count). The summed E-state index contributed by atoms with van der Waals surface area (Å²) in [4.78, 5) is 0. The standard InChI is InChI=1S/C27H24N4O/c28-18-10-11-22-21-30-31(26(22)29)19-20-32-27(23-12-4-1-5-13-23,24-14-6-2-7-15-24)25-16-8-3-9-17-25/h1-17,21H,19-20,29H2. The molecule has 0 aliphatic heterocycles. The van der Waals surface area contributed by atoms with Crippen molar-refractivity contribution in [3.8, 4) is 6.07 Å². The molecule has 0 aliphatic rings. The zero-order chi connectivity index (χ0) is 22.2. The van der Waals surface area contributed by atoms with Gasteiger partial charge in [-0.15, -0.1) is 0 Å². The molecule has 158 valence electrons. The van der Waals surface area contributed by atoms with Crippen molar-refractivity contribution in [3.63, 3.8) is 0 Å². The van der Waals surface area contributed by atoms with Crippen LogP contribution >= 0.6 is 0 Å². The van der Waals surface area contributed by atoms with Crippen LogP contribution < -0.4 is 5.73 Å². The Balaban J connectivity index is 1.71. The summed E-state index contributed by atoms with van der Waals surface area (Å²) in [6.07, 6.45) is 4.70. The Labute approximate surface area is 188 Å². The second-order valence-corrected chi connectivity index (χ2v) is 7.30. The van der Waals surface area contributed by atoms with Crippen LogP contribution in [0.15, 0.2) is 103 Å². The Kier molecular flexibility index (Phi) is 6.45. The van der Waals surface area contributed by atoms with Gasteiger partial charge in [0.1, 0.15) is 11.4 Å². The van der Waals surface area contributed by atoms with E-state index in [1.165, 1.54) is 6.08 Å². The topological polar surface area (TPSA) is 76.9 Å². The third kappa shape index (κ3) is 4.18. The van der Waals surface area contributed by atoms with Crippen LogP contribution in [-0.4, -0.2) is 16.4 Å². The molecular weight excluding hydrogens is 396 g/mol. The molecule has 0 radical (unpaired) electrons. The Morgan fingerprint density at radius 2 is 1.38 bits per heavy atom. The van der Waals surface area contributed by atoms with E-state index in [0.29, 0.717) is 24.5 Å². The van der Waals surface area contributed by atoms with E-state index < -0.39 is 5.60 Å². The quantitative estimate of drug-likeness (QED) is 0.321. The molecule has 0 aliphatic carbocycles. The maximum absolute atomic E-state index is 8.76. The van der Waals surface area contributed by atoms with Crippen LogP contribution in [0.2, 0.25) is 0 Å². The molecule has 0 fully saturated rings. The van der Waals surface area contributed by atoms with Crippen molar-refractivity contribution in [3.05, 3.63) is 126 Å². The highest BCUT2D eigenvalue weighted by Gasteiger charge is 2.37. The highest BCUT2D eigenvalue weighted by atomic mass is 16.5. The highest BCUT2D eigenvalue weighted by molar-refractivity contribution is 5.61. The summed E-state index contributed by atoms with van der Waals surface area (Å²) in [5.74, 6) is 0.504. The number of benzene rings is 3. The number of nitrogens with two attached hydrogens (primary N) is 1. The fourth-order valence-corrected chi connectivity index (χ4v) is 3.90. The van der Waals surface area contributed by atoms with Gasteiger partial charge in [-0.2, -0.15) is 10.4 Å². The van der Waals surface area contributed by atoms with E-state index >= 15 is 0 Å². The molecule has 0 amide bonds.